The van der Waals surface area contributed by atoms with E-state index in [9.17, 15) is 19.7 Å². The third-order valence-electron chi connectivity index (χ3n) is 3.55. The van der Waals surface area contributed by atoms with Crippen LogP contribution in [0.15, 0.2) is 36.4 Å². The van der Waals surface area contributed by atoms with Crippen LogP contribution in [0.4, 0.5) is 17.1 Å². The Labute approximate surface area is 148 Å². The minimum Gasteiger partial charge on any atom is -0.496 e. The molecule has 1 amide bonds. The number of carbonyl (C=O) groups excluding carboxylic acids is 2. The Morgan fingerprint density at radius 2 is 2.00 bits per heavy atom. The van der Waals surface area contributed by atoms with Crippen molar-refractivity contribution in [2.75, 3.05) is 24.8 Å². The molecule has 2 aromatic rings. The van der Waals surface area contributed by atoms with Crippen LogP contribution in [0, 0.1) is 17.0 Å². The van der Waals surface area contributed by atoms with Crippen molar-refractivity contribution < 1.29 is 24.0 Å². The van der Waals surface area contributed by atoms with Crippen LogP contribution in [-0.2, 0) is 9.53 Å². The van der Waals surface area contributed by atoms with Crippen LogP contribution in [0.3, 0.4) is 0 Å². The Balaban J connectivity index is 2.04. The second kappa shape index (κ2) is 7.97. The number of anilines is 2. The van der Waals surface area contributed by atoms with Crippen molar-refractivity contribution in [1.29, 1.82) is 0 Å². The zero-order valence-corrected chi connectivity index (χ0v) is 14.1. The minimum absolute atomic E-state index is 0.0353. The molecular weight excluding hydrogens is 342 g/mol. The molecule has 0 aliphatic carbocycles. The maximum absolute atomic E-state index is 12.0. The number of nitro groups is 1. The molecule has 0 saturated carbocycles. The highest BCUT2D eigenvalue weighted by molar-refractivity contribution is 5.99. The number of carbonyl (C=O) groups is 2. The van der Waals surface area contributed by atoms with E-state index in [0.717, 1.165) is 0 Å². The molecular formula is C17H17N3O6. The van der Waals surface area contributed by atoms with Crippen molar-refractivity contribution >= 4 is 28.9 Å². The van der Waals surface area contributed by atoms with Gasteiger partial charge in [-0.2, -0.15) is 0 Å². The van der Waals surface area contributed by atoms with Gasteiger partial charge in [-0.05, 0) is 30.7 Å². The number of para-hydroxylation sites is 1. The van der Waals surface area contributed by atoms with Crippen molar-refractivity contribution in [2.24, 2.45) is 0 Å². The fourth-order valence-electron chi connectivity index (χ4n) is 2.15. The fourth-order valence-corrected chi connectivity index (χ4v) is 2.15. The summed E-state index contributed by atoms with van der Waals surface area (Å²) < 4.78 is 9.83. The zero-order valence-electron chi connectivity index (χ0n) is 14.1. The maximum Gasteiger partial charge on any atom is 0.340 e. The van der Waals surface area contributed by atoms with Crippen molar-refractivity contribution in [2.45, 2.75) is 6.92 Å². The predicted octanol–water partition coefficient (Wildman–Crippen LogP) is 2.29. The summed E-state index contributed by atoms with van der Waals surface area (Å²) in [5, 5.41) is 13.4. The smallest absolute Gasteiger partial charge is 0.340 e. The number of hydrogen-bond acceptors (Lipinski definition) is 7. The average molecular weight is 359 g/mol. The van der Waals surface area contributed by atoms with Gasteiger partial charge in [0.25, 0.3) is 11.6 Å². The van der Waals surface area contributed by atoms with Crippen LogP contribution >= 0.6 is 0 Å². The number of nitrogens with one attached hydrogen (secondary N) is 1. The summed E-state index contributed by atoms with van der Waals surface area (Å²) in [7, 11) is 1.37. The van der Waals surface area contributed by atoms with Gasteiger partial charge in [-0.1, -0.05) is 12.1 Å². The molecule has 136 valence electrons. The van der Waals surface area contributed by atoms with Crippen molar-refractivity contribution in [1.82, 2.24) is 0 Å². The molecule has 0 bridgehead atoms. The van der Waals surface area contributed by atoms with Crippen LogP contribution in [0.1, 0.15) is 15.9 Å². The number of nitrogens with zero attached hydrogens (tertiary/aromatic N) is 1. The third kappa shape index (κ3) is 4.26. The lowest BCUT2D eigenvalue weighted by molar-refractivity contribution is -0.384. The number of esters is 1. The Morgan fingerprint density at radius 3 is 2.65 bits per heavy atom. The van der Waals surface area contributed by atoms with Crippen LogP contribution in [-0.4, -0.2) is 30.5 Å². The summed E-state index contributed by atoms with van der Waals surface area (Å²) in [6, 6.07) is 8.83. The molecule has 0 saturated heterocycles. The molecule has 2 aromatic carbocycles. The van der Waals surface area contributed by atoms with Crippen LogP contribution < -0.4 is 15.8 Å². The topological polar surface area (TPSA) is 134 Å². The summed E-state index contributed by atoms with van der Waals surface area (Å²) in [5.41, 5.74) is 6.55. The number of aryl methyl sites for hydroxylation is 1. The van der Waals surface area contributed by atoms with Gasteiger partial charge in [0.15, 0.2) is 6.61 Å². The lowest BCUT2D eigenvalue weighted by atomic mass is 10.1. The van der Waals surface area contributed by atoms with E-state index in [1.165, 1.54) is 31.4 Å². The van der Waals surface area contributed by atoms with Gasteiger partial charge in [0.2, 0.25) is 0 Å². The molecule has 26 heavy (non-hydrogen) atoms. The number of amides is 1. The largest absolute Gasteiger partial charge is 0.496 e. The Hall–Kier alpha value is -3.62. The SMILES string of the molecule is COc1ccc(NC(=O)COC(=O)c2cccc(C)c2N)c([N+](=O)[O-])c1. The number of nitrogens with two attached hydrogens (primary N) is 1. The molecule has 0 unspecified atom stereocenters. The van der Waals surface area contributed by atoms with Gasteiger partial charge in [0.1, 0.15) is 11.4 Å². The quantitative estimate of drug-likeness (QED) is 0.350. The molecule has 3 N–H and O–H groups in total. The van der Waals surface area contributed by atoms with E-state index in [1.54, 1.807) is 19.1 Å². The second-order valence-electron chi connectivity index (χ2n) is 5.30. The highest BCUT2D eigenvalue weighted by Gasteiger charge is 2.19. The summed E-state index contributed by atoms with van der Waals surface area (Å²) in [6.07, 6.45) is 0. The molecule has 0 aliphatic rings. The highest BCUT2D eigenvalue weighted by Crippen LogP contribution is 2.28. The second-order valence-corrected chi connectivity index (χ2v) is 5.30. The molecule has 0 spiro atoms. The molecule has 9 heteroatoms. The standard InChI is InChI=1S/C17H17N3O6/c1-10-4-3-5-12(16(10)18)17(22)26-9-15(21)19-13-7-6-11(25-2)8-14(13)20(23)24/h3-8H,9,18H2,1-2H3,(H,19,21). The normalized spacial score (nSPS) is 10.1. The van der Waals surface area contributed by atoms with Gasteiger partial charge >= 0.3 is 5.97 Å². The summed E-state index contributed by atoms with van der Waals surface area (Å²) in [5.74, 6) is -1.21. The minimum atomic E-state index is -0.759. The maximum atomic E-state index is 12.0. The predicted molar refractivity (Wildman–Crippen MR) is 94.2 cm³/mol. The number of methoxy groups -OCH3 is 1. The Bertz CT molecular complexity index is 866. The Morgan fingerprint density at radius 1 is 1.27 bits per heavy atom. The molecule has 0 aromatic heterocycles. The van der Waals surface area contributed by atoms with Crippen molar-refractivity contribution in [3.63, 3.8) is 0 Å². The molecule has 0 aliphatic heterocycles. The van der Waals surface area contributed by atoms with E-state index >= 15 is 0 Å². The van der Waals surface area contributed by atoms with Crippen molar-refractivity contribution in [3.8, 4) is 5.75 Å². The van der Waals surface area contributed by atoms with Crippen molar-refractivity contribution in [3.05, 3.63) is 57.6 Å². The number of rotatable bonds is 6. The first kappa shape index (κ1) is 18.7. The molecule has 9 nitrogen and oxygen atoms in total. The van der Waals surface area contributed by atoms with Crippen LogP contribution in [0.5, 0.6) is 5.75 Å². The number of nitro benzene ring substituents is 1. The van der Waals surface area contributed by atoms with Gasteiger partial charge in [-0.15, -0.1) is 0 Å². The highest BCUT2D eigenvalue weighted by atomic mass is 16.6. The fraction of sp³-hybridized carbons (Fsp3) is 0.176. The van der Waals surface area contributed by atoms with Crippen LogP contribution in [0.25, 0.3) is 0 Å². The number of hydrogen-bond donors (Lipinski definition) is 2. The van der Waals surface area contributed by atoms with E-state index in [2.05, 4.69) is 5.32 Å². The first-order valence-electron chi connectivity index (χ1n) is 7.48. The van der Waals surface area contributed by atoms with E-state index in [1.807, 2.05) is 0 Å². The number of ether oxygens (including phenoxy) is 2. The number of benzene rings is 2. The van der Waals surface area contributed by atoms with E-state index in [-0.39, 0.29) is 28.4 Å². The van der Waals surface area contributed by atoms with Gasteiger partial charge in [0.05, 0.1) is 23.7 Å². The third-order valence-corrected chi connectivity index (χ3v) is 3.55. The summed E-state index contributed by atoms with van der Waals surface area (Å²) in [6.45, 7) is 1.12. The molecule has 0 fully saturated rings. The van der Waals surface area contributed by atoms with Gasteiger partial charge < -0.3 is 20.5 Å². The van der Waals surface area contributed by atoms with Gasteiger partial charge in [-0.25, -0.2) is 4.79 Å². The van der Waals surface area contributed by atoms with Gasteiger partial charge in [0, 0.05) is 5.69 Å². The lowest BCUT2D eigenvalue weighted by Crippen LogP contribution is -2.22. The zero-order chi connectivity index (χ0) is 19.3. The molecule has 2 rings (SSSR count). The van der Waals surface area contributed by atoms with E-state index < -0.39 is 23.4 Å². The van der Waals surface area contributed by atoms with Gasteiger partial charge in [-0.3, -0.25) is 14.9 Å². The molecule has 0 heterocycles. The summed E-state index contributed by atoms with van der Waals surface area (Å²) >= 11 is 0. The Kier molecular flexibility index (Phi) is 5.74. The monoisotopic (exact) mass is 359 g/mol. The lowest BCUT2D eigenvalue weighted by Gasteiger charge is -2.10. The van der Waals surface area contributed by atoms with E-state index in [0.29, 0.717) is 5.56 Å². The number of nitrogen functional groups attached to an aromatic ring is 1. The first-order valence-corrected chi connectivity index (χ1v) is 7.48. The van der Waals surface area contributed by atoms with Crippen LogP contribution in [0.2, 0.25) is 0 Å². The summed E-state index contributed by atoms with van der Waals surface area (Å²) in [4.78, 5) is 34.4. The van der Waals surface area contributed by atoms with E-state index in [4.69, 9.17) is 15.2 Å². The first-order chi connectivity index (χ1) is 12.3. The molecule has 0 radical (unpaired) electrons. The average Bonchev–Trinajstić information content (AvgIpc) is 2.62. The molecule has 0 atom stereocenters.